The van der Waals surface area contributed by atoms with Crippen molar-refractivity contribution >= 4 is 8.69 Å². The zero-order chi connectivity index (χ0) is 5.82. The average Bonchev–Trinajstić information content (AvgIpc) is 2.19. The van der Waals surface area contributed by atoms with Gasteiger partial charge in [0.15, 0.2) is 0 Å². The summed E-state index contributed by atoms with van der Waals surface area (Å²) in [7, 11) is -0.377. The number of nitrogens with one attached hydrogen (secondary N) is 1. The van der Waals surface area contributed by atoms with Gasteiger partial charge in [0.2, 0.25) is 5.88 Å². The van der Waals surface area contributed by atoms with Gasteiger partial charge in [-0.05, 0) is 0 Å². The second kappa shape index (κ2) is 2.43. The Morgan fingerprint density at radius 3 is 3.25 bits per heavy atom. The Morgan fingerprint density at radius 2 is 2.75 bits per heavy atom. The topological polar surface area (TPSA) is 55.0 Å². The summed E-state index contributed by atoms with van der Waals surface area (Å²) in [5, 5.41) is 6.05. The van der Waals surface area contributed by atoms with Crippen molar-refractivity contribution in [2.45, 2.75) is 0 Å². The molecule has 0 aromatic carbocycles. The third-order valence-corrected chi connectivity index (χ3v) is 0.868. The van der Waals surface area contributed by atoms with Crippen molar-refractivity contribution in [1.29, 1.82) is 0 Å². The zero-order valence-corrected chi connectivity index (χ0v) is 4.76. The van der Waals surface area contributed by atoms with Crippen LogP contribution in [0.15, 0.2) is 12.3 Å². The predicted octanol–water partition coefficient (Wildman–Crippen LogP) is 0.995. The number of hydrogen-bond donors (Lipinski definition) is 1. The maximum atomic E-state index is 9.69. The summed E-state index contributed by atoms with van der Waals surface area (Å²) in [6.45, 7) is 0. The van der Waals surface area contributed by atoms with Crippen LogP contribution >= 0.6 is 8.69 Å². The van der Waals surface area contributed by atoms with Crippen molar-refractivity contribution < 1.29 is 9.09 Å². The molecule has 0 aliphatic rings. The molecule has 1 aromatic rings. The van der Waals surface area contributed by atoms with Crippen LogP contribution < -0.4 is 4.52 Å². The predicted molar refractivity (Wildman–Crippen MR) is 26.8 cm³/mol. The molecule has 1 heterocycles. The maximum Gasteiger partial charge on any atom is 0.397 e. The first kappa shape index (κ1) is 5.25. The van der Waals surface area contributed by atoms with Gasteiger partial charge in [-0.15, -0.1) is 5.10 Å². The Hall–Kier alpha value is -0.890. The van der Waals surface area contributed by atoms with Crippen LogP contribution in [0.3, 0.4) is 0 Å². The largest absolute Gasteiger partial charge is 0.397 e. The lowest BCUT2D eigenvalue weighted by atomic mass is 10.7. The standard InChI is InChI=1S/C3H3N2O2P/c6-8-7-3-1-2-4-5-3/h1-2H,(H,4,5). The summed E-state index contributed by atoms with van der Waals surface area (Å²) in [5.41, 5.74) is 0. The molecule has 0 fully saturated rings. The minimum absolute atomic E-state index is 0.335. The molecular weight excluding hydrogens is 127 g/mol. The lowest BCUT2D eigenvalue weighted by Gasteiger charge is -1.80. The van der Waals surface area contributed by atoms with Gasteiger partial charge in [0.25, 0.3) is 0 Å². The van der Waals surface area contributed by atoms with E-state index in [9.17, 15) is 4.57 Å². The lowest BCUT2D eigenvalue weighted by molar-refractivity contribution is 0.514. The first-order chi connectivity index (χ1) is 3.93. The third-order valence-electron chi connectivity index (χ3n) is 0.606. The first-order valence-electron chi connectivity index (χ1n) is 1.93. The maximum absolute atomic E-state index is 9.69. The lowest BCUT2D eigenvalue weighted by Crippen LogP contribution is -1.72. The van der Waals surface area contributed by atoms with Gasteiger partial charge in [0.05, 0.1) is 0 Å². The van der Waals surface area contributed by atoms with E-state index in [-0.39, 0.29) is 8.69 Å². The van der Waals surface area contributed by atoms with E-state index in [1.54, 1.807) is 12.3 Å². The second-order valence-corrected chi connectivity index (χ2v) is 1.41. The summed E-state index contributed by atoms with van der Waals surface area (Å²) in [6, 6.07) is 1.57. The molecule has 0 spiro atoms. The monoisotopic (exact) mass is 130 g/mol. The van der Waals surface area contributed by atoms with E-state index in [4.69, 9.17) is 0 Å². The first-order valence-corrected chi connectivity index (χ1v) is 2.66. The molecule has 0 saturated carbocycles. The summed E-state index contributed by atoms with van der Waals surface area (Å²) >= 11 is 0. The van der Waals surface area contributed by atoms with Gasteiger partial charge in [-0.2, -0.15) is 0 Å². The number of hydrogen-bond acceptors (Lipinski definition) is 3. The molecule has 0 bridgehead atoms. The Balaban J connectivity index is 2.62. The molecular formula is C3H3N2O2P. The molecule has 1 aromatic heterocycles. The van der Waals surface area contributed by atoms with Crippen LogP contribution in [-0.2, 0) is 4.57 Å². The molecule has 42 valence electrons. The molecule has 0 aliphatic heterocycles. The van der Waals surface area contributed by atoms with Crippen molar-refractivity contribution in [3.63, 3.8) is 0 Å². The second-order valence-electron chi connectivity index (χ2n) is 1.08. The molecule has 0 saturated heterocycles. The van der Waals surface area contributed by atoms with E-state index < -0.39 is 0 Å². The molecule has 5 heteroatoms. The van der Waals surface area contributed by atoms with E-state index >= 15 is 0 Å². The Bertz CT molecular complexity index is 162. The van der Waals surface area contributed by atoms with Crippen molar-refractivity contribution in [3.05, 3.63) is 12.3 Å². The van der Waals surface area contributed by atoms with Crippen molar-refractivity contribution in [3.8, 4) is 5.88 Å². The summed E-state index contributed by atoms with van der Waals surface area (Å²) < 4.78 is 14.1. The molecule has 0 aliphatic carbocycles. The fourth-order valence-electron chi connectivity index (χ4n) is 0.336. The van der Waals surface area contributed by atoms with E-state index in [0.717, 1.165) is 0 Å². The fraction of sp³-hybridized carbons (Fsp3) is 0. The van der Waals surface area contributed by atoms with E-state index in [0.29, 0.717) is 5.88 Å². The number of nitrogens with zero attached hydrogens (tertiary/aromatic N) is 1. The normalized spacial score (nSPS) is 9.50. The van der Waals surface area contributed by atoms with E-state index in [1.165, 1.54) is 0 Å². The molecule has 0 unspecified atom stereocenters. The summed E-state index contributed by atoms with van der Waals surface area (Å²) in [4.78, 5) is 0. The highest BCUT2D eigenvalue weighted by Gasteiger charge is 1.89. The highest BCUT2D eigenvalue weighted by molar-refractivity contribution is 7.17. The number of aromatic amines is 1. The van der Waals surface area contributed by atoms with Gasteiger partial charge in [-0.3, -0.25) is 5.10 Å². The van der Waals surface area contributed by atoms with Crippen molar-refractivity contribution in [2.24, 2.45) is 0 Å². The van der Waals surface area contributed by atoms with Crippen LogP contribution in [0.25, 0.3) is 0 Å². The van der Waals surface area contributed by atoms with Crippen LogP contribution in [-0.4, -0.2) is 10.2 Å². The van der Waals surface area contributed by atoms with Crippen molar-refractivity contribution in [2.75, 3.05) is 0 Å². The van der Waals surface area contributed by atoms with Gasteiger partial charge in [0.1, 0.15) is 0 Å². The van der Waals surface area contributed by atoms with Crippen LogP contribution in [0.4, 0.5) is 0 Å². The zero-order valence-electron chi connectivity index (χ0n) is 3.87. The molecule has 0 amide bonds. The number of rotatable bonds is 2. The Morgan fingerprint density at radius 1 is 1.88 bits per heavy atom. The summed E-state index contributed by atoms with van der Waals surface area (Å²) in [6.07, 6.45) is 1.58. The Kier molecular flexibility index (Phi) is 1.59. The highest BCUT2D eigenvalue weighted by atomic mass is 31.1. The minimum atomic E-state index is -0.377. The smallest absolute Gasteiger partial charge is 0.386 e. The fourth-order valence-corrected chi connectivity index (χ4v) is 0.514. The Labute approximate surface area is 47.1 Å². The van der Waals surface area contributed by atoms with Crippen molar-refractivity contribution in [1.82, 2.24) is 10.2 Å². The van der Waals surface area contributed by atoms with Gasteiger partial charge in [-0.1, -0.05) is 0 Å². The number of aromatic nitrogens is 2. The van der Waals surface area contributed by atoms with E-state index in [1.807, 2.05) is 0 Å². The molecule has 1 N–H and O–H groups in total. The quantitative estimate of drug-likeness (QED) is 0.607. The van der Waals surface area contributed by atoms with Crippen LogP contribution in [0.2, 0.25) is 0 Å². The van der Waals surface area contributed by atoms with E-state index in [2.05, 4.69) is 14.7 Å². The van der Waals surface area contributed by atoms with Crippen LogP contribution in [0.5, 0.6) is 5.88 Å². The molecule has 8 heavy (non-hydrogen) atoms. The third kappa shape index (κ3) is 1.04. The van der Waals surface area contributed by atoms with Crippen LogP contribution in [0, 0.1) is 0 Å². The highest BCUT2D eigenvalue weighted by Crippen LogP contribution is 2.07. The molecule has 1 rings (SSSR count). The number of H-pyrrole nitrogens is 1. The molecule has 0 radical (unpaired) electrons. The molecule has 4 nitrogen and oxygen atoms in total. The van der Waals surface area contributed by atoms with Gasteiger partial charge < -0.3 is 4.52 Å². The van der Waals surface area contributed by atoms with Crippen LogP contribution in [0.1, 0.15) is 0 Å². The molecule has 0 atom stereocenters. The SMILES string of the molecule is O=POc1cc[nH]n1. The summed E-state index contributed by atoms with van der Waals surface area (Å²) in [5.74, 6) is 0.335. The average molecular weight is 130 g/mol. The van der Waals surface area contributed by atoms with Gasteiger partial charge in [-0.25, -0.2) is 4.57 Å². The van der Waals surface area contributed by atoms with Gasteiger partial charge >= 0.3 is 8.69 Å². The minimum Gasteiger partial charge on any atom is -0.386 e. The van der Waals surface area contributed by atoms with Gasteiger partial charge in [0, 0.05) is 12.3 Å².